The van der Waals surface area contributed by atoms with E-state index < -0.39 is 0 Å². The predicted molar refractivity (Wildman–Crippen MR) is 101 cm³/mol. The number of nitrogens with one attached hydrogen (secondary N) is 1. The van der Waals surface area contributed by atoms with Crippen LogP contribution in [0.15, 0.2) is 42.5 Å². The topological polar surface area (TPSA) is 47.6 Å². The van der Waals surface area contributed by atoms with Crippen LogP contribution in [0.5, 0.6) is 11.5 Å². The van der Waals surface area contributed by atoms with Gasteiger partial charge in [0.05, 0.1) is 20.3 Å². The van der Waals surface area contributed by atoms with E-state index >= 15 is 0 Å². The van der Waals surface area contributed by atoms with Crippen LogP contribution in [0, 0.1) is 0 Å². The van der Waals surface area contributed by atoms with Crippen LogP contribution < -0.4 is 14.8 Å². The van der Waals surface area contributed by atoms with E-state index in [2.05, 4.69) is 50.4 Å². The molecular weight excluding hydrogens is 314 g/mol. The zero-order valence-electron chi connectivity index (χ0n) is 15.8. The van der Waals surface area contributed by atoms with Crippen molar-refractivity contribution in [3.05, 3.63) is 59.2 Å². The van der Waals surface area contributed by atoms with E-state index in [1.165, 1.54) is 5.56 Å². The summed E-state index contributed by atoms with van der Waals surface area (Å²) in [6.45, 7) is 8.51. The Kier molecular flexibility index (Phi) is 5.73. The Labute approximate surface area is 150 Å². The number of carbonyl (C=O) groups excluding carboxylic acids is 1. The van der Waals surface area contributed by atoms with Gasteiger partial charge in [0.15, 0.2) is 0 Å². The van der Waals surface area contributed by atoms with Gasteiger partial charge in [0.1, 0.15) is 17.1 Å². The van der Waals surface area contributed by atoms with Crippen LogP contribution in [0.2, 0.25) is 0 Å². The monoisotopic (exact) mass is 341 g/mol. The molecule has 0 saturated heterocycles. The molecule has 0 unspecified atom stereocenters. The Morgan fingerprint density at radius 2 is 1.48 bits per heavy atom. The molecule has 4 nitrogen and oxygen atoms in total. The Morgan fingerprint density at radius 1 is 0.960 bits per heavy atom. The van der Waals surface area contributed by atoms with Crippen molar-refractivity contribution in [1.82, 2.24) is 5.32 Å². The standard InChI is InChI=1S/C21H27NO3/c1-14(15-10-12-16(13-11-15)21(2,3)4)22-20(23)19-17(24-5)8-7-9-18(19)25-6/h7-14H,1-6H3,(H,22,23)/t14-/m0/s1. The summed E-state index contributed by atoms with van der Waals surface area (Å²) in [5, 5.41) is 3.02. The maximum atomic E-state index is 12.7. The molecule has 1 amide bonds. The van der Waals surface area contributed by atoms with E-state index in [-0.39, 0.29) is 17.4 Å². The SMILES string of the molecule is COc1cccc(OC)c1C(=O)N[C@@H](C)c1ccc(C(C)(C)C)cc1. The van der Waals surface area contributed by atoms with Gasteiger partial charge in [-0.05, 0) is 35.6 Å². The number of carbonyl (C=O) groups is 1. The first-order chi connectivity index (χ1) is 11.8. The molecule has 4 heteroatoms. The van der Waals surface area contributed by atoms with Crippen LogP contribution in [0.4, 0.5) is 0 Å². The first kappa shape index (κ1) is 18.8. The molecule has 0 saturated carbocycles. The van der Waals surface area contributed by atoms with Crippen LogP contribution in [0.25, 0.3) is 0 Å². The van der Waals surface area contributed by atoms with Crippen molar-refractivity contribution in [1.29, 1.82) is 0 Å². The highest BCUT2D eigenvalue weighted by atomic mass is 16.5. The highest BCUT2D eigenvalue weighted by Crippen LogP contribution is 2.29. The minimum Gasteiger partial charge on any atom is -0.496 e. The van der Waals surface area contributed by atoms with Crippen molar-refractivity contribution < 1.29 is 14.3 Å². The Hall–Kier alpha value is -2.49. The fourth-order valence-electron chi connectivity index (χ4n) is 2.70. The summed E-state index contributed by atoms with van der Waals surface area (Å²) in [7, 11) is 3.08. The fraction of sp³-hybridized carbons (Fsp3) is 0.381. The second-order valence-corrected chi connectivity index (χ2v) is 7.10. The van der Waals surface area contributed by atoms with Gasteiger partial charge < -0.3 is 14.8 Å². The lowest BCUT2D eigenvalue weighted by atomic mass is 9.86. The van der Waals surface area contributed by atoms with Crippen LogP contribution >= 0.6 is 0 Å². The van der Waals surface area contributed by atoms with E-state index in [0.29, 0.717) is 17.1 Å². The predicted octanol–water partition coefficient (Wildman–Crippen LogP) is 4.49. The minimum atomic E-state index is -0.221. The van der Waals surface area contributed by atoms with Crippen molar-refractivity contribution in [3.63, 3.8) is 0 Å². The summed E-state index contributed by atoms with van der Waals surface area (Å²) < 4.78 is 10.6. The van der Waals surface area contributed by atoms with E-state index in [9.17, 15) is 4.79 Å². The van der Waals surface area contributed by atoms with Crippen molar-refractivity contribution in [2.24, 2.45) is 0 Å². The van der Waals surface area contributed by atoms with Crippen LogP contribution in [0.1, 0.15) is 55.2 Å². The third-order valence-corrected chi connectivity index (χ3v) is 4.28. The Balaban J connectivity index is 2.21. The molecule has 0 bridgehead atoms. The molecule has 0 fully saturated rings. The van der Waals surface area contributed by atoms with Crippen LogP contribution in [0.3, 0.4) is 0 Å². The molecule has 2 aromatic rings. The van der Waals surface area contributed by atoms with E-state index in [0.717, 1.165) is 5.56 Å². The maximum absolute atomic E-state index is 12.7. The molecule has 0 aliphatic carbocycles. The van der Waals surface area contributed by atoms with Gasteiger partial charge in [-0.1, -0.05) is 51.1 Å². The molecule has 2 aromatic carbocycles. The van der Waals surface area contributed by atoms with E-state index in [1.54, 1.807) is 32.4 Å². The van der Waals surface area contributed by atoms with Crippen molar-refractivity contribution >= 4 is 5.91 Å². The number of hydrogen-bond acceptors (Lipinski definition) is 3. The van der Waals surface area contributed by atoms with Crippen molar-refractivity contribution in [2.75, 3.05) is 14.2 Å². The van der Waals surface area contributed by atoms with Gasteiger partial charge in [0.2, 0.25) is 0 Å². The number of rotatable bonds is 5. The highest BCUT2D eigenvalue weighted by molar-refractivity contribution is 5.99. The minimum absolute atomic E-state index is 0.107. The first-order valence-corrected chi connectivity index (χ1v) is 8.40. The summed E-state index contributed by atoms with van der Waals surface area (Å²) in [6, 6.07) is 13.5. The first-order valence-electron chi connectivity index (χ1n) is 8.40. The lowest BCUT2D eigenvalue weighted by Crippen LogP contribution is -2.27. The van der Waals surface area contributed by atoms with Gasteiger partial charge in [-0.3, -0.25) is 4.79 Å². The number of ether oxygens (including phenoxy) is 2. The average Bonchev–Trinajstić information content (AvgIpc) is 2.60. The second-order valence-electron chi connectivity index (χ2n) is 7.10. The molecule has 0 radical (unpaired) electrons. The summed E-state index contributed by atoms with van der Waals surface area (Å²) in [6.07, 6.45) is 0. The van der Waals surface area contributed by atoms with Gasteiger partial charge >= 0.3 is 0 Å². The third kappa shape index (κ3) is 4.32. The molecule has 134 valence electrons. The largest absolute Gasteiger partial charge is 0.496 e. The normalized spacial score (nSPS) is 12.4. The molecule has 0 aliphatic rings. The summed E-state index contributed by atoms with van der Waals surface area (Å²) in [5.41, 5.74) is 2.83. The van der Waals surface area contributed by atoms with Crippen LogP contribution in [-0.2, 0) is 5.41 Å². The second kappa shape index (κ2) is 7.60. The number of hydrogen-bond donors (Lipinski definition) is 1. The summed E-state index contributed by atoms with van der Waals surface area (Å²) in [5.74, 6) is 0.765. The number of benzene rings is 2. The van der Waals surface area contributed by atoms with Gasteiger partial charge in [-0.15, -0.1) is 0 Å². The average molecular weight is 341 g/mol. The lowest BCUT2D eigenvalue weighted by molar-refractivity contribution is 0.0933. The van der Waals surface area contributed by atoms with E-state index in [1.807, 2.05) is 6.92 Å². The van der Waals surface area contributed by atoms with Gasteiger partial charge in [-0.25, -0.2) is 0 Å². The lowest BCUT2D eigenvalue weighted by Gasteiger charge is -2.21. The molecular formula is C21H27NO3. The summed E-state index contributed by atoms with van der Waals surface area (Å²) >= 11 is 0. The zero-order chi connectivity index (χ0) is 18.6. The van der Waals surface area contributed by atoms with Gasteiger partial charge in [0.25, 0.3) is 5.91 Å². The molecule has 25 heavy (non-hydrogen) atoms. The summed E-state index contributed by atoms with van der Waals surface area (Å²) in [4.78, 5) is 12.7. The molecule has 0 heterocycles. The Morgan fingerprint density at radius 3 is 1.92 bits per heavy atom. The van der Waals surface area contributed by atoms with E-state index in [4.69, 9.17) is 9.47 Å². The molecule has 1 N–H and O–H groups in total. The Bertz CT molecular complexity index is 708. The molecule has 1 atom stereocenters. The quantitative estimate of drug-likeness (QED) is 0.871. The van der Waals surface area contributed by atoms with Crippen molar-refractivity contribution in [3.8, 4) is 11.5 Å². The number of amides is 1. The molecule has 0 aliphatic heterocycles. The van der Waals surface area contributed by atoms with Crippen LogP contribution in [-0.4, -0.2) is 20.1 Å². The van der Waals surface area contributed by atoms with Crippen molar-refractivity contribution in [2.45, 2.75) is 39.2 Å². The maximum Gasteiger partial charge on any atom is 0.259 e. The molecule has 0 spiro atoms. The highest BCUT2D eigenvalue weighted by Gasteiger charge is 2.20. The zero-order valence-corrected chi connectivity index (χ0v) is 15.8. The molecule has 2 rings (SSSR count). The van der Waals surface area contributed by atoms with Gasteiger partial charge in [-0.2, -0.15) is 0 Å². The fourth-order valence-corrected chi connectivity index (χ4v) is 2.70. The van der Waals surface area contributed by atoms with Gasteiger partial charge in [0, 0.05) is 0 Å². The third-order valence-electron chi connectivity index (χ3n) is 4.28. The number of methoxy groups -OCH3 is 2. The molecule has 0 aromatic heterocycles. The smallest absolute Gasteiger partial charge is 0.259 e.